The Kier molecular flexibility index (Phi) is 5.03. The Hall–Kier alpha value is -1.75. The zero-order valence-electron chi connectivity index (χ0n) is 10.8. The van der Waals surface area contributed by atoms with Crippen molar-refractivity contribution < 1.29 is 9.47 Å². The van der Waals surface area contributed by atoms with Gasteiger partial charge in [0.1, 0.15) is 18.1 Å². The van der Waals surface area contributed by atoms with Gasteiger partial charge in [0.2, 0.25) is 0 Å². The summed E-state index contributed by atoms with van der Waals surface area (Å²) in [5.74, 6) is 2.18. The lowest BCUT2D eigenvalue weighted by molar-refractivity contribution is 0.289. The lowest BCUT2D eigenvalue weighted by atomic mass is 10.3. The highest BCUT2D eigenvalue weighted by Crippen LogP contribution is 2.16. The maximum absolute atomic E-state index is 5.64. The number of benzene rings is 1. The van der Waals surface area contributed by atoms with Crippen LogP contribution in [0.15, 0.2) is 30.5 Å². The van der Waals surface area contributed by atoms with E-state index in [1.165, 1.54) is 0 Å². The van der Waals surface area contributed by atoms with Gasteiger partial charge in [-0.3, -0.25) is 0 Å². The third-order valence-corrected chi connectivity index (χ3v) is 2.77. The summed E-state index contributed by atoms with van der Waals surface area (Å²) >= 11 is 5.64. The van der Waals surface area contributed by atoms with Crippen LogP contribution in [0.1, 0.15) is 5.69 Å². The molecule has 1 aromatic heterocycles. The number of nitrogens with zero attached hydrogens (tertiary/aromatic N) is 3. The minimum Gasteiger partial charge on any atom is -0.497 e. The molecule has 0 aliphatic heterocycles. The van der Waals surface area contributed by atoms with E-state index >= 15 is 0 Å². The number of aromatic nitrogens is 3. The van der Waals surface area contributed by atoms with E-state index in [1.54, 1.807) is 11.8 Å². The average Bonchev–Trinajstić information content (AvgIpc) is 2.88. The standard InChI is InChI=1S/C13H16ClN3O2/c1-18-12-2-4-13(5-3-12)19-9-8-17-10-11(6-7-14)15-16-17/h2-5,10H,6-9H2,1H3. The monoisotopic (exact) mass is 281 g/mol. The maximum atomic E-state index is 5.64. The van der Waals surface area contributed by atoms with E-state index in [0.29, 0.717) is 19.0 Å². The average molecular weight is 282 g/mol. The highest BCUT2D eigenvalue weighted by atomic mass is 35.5. The van der Waals surface area contributed by atoms with Crippen LogP contribution in [0.5, 0.6) is 11.5 Å². The molecule has 0 aliphatic rings. The molecule has 2 rings (SSSR count). The number of hydrogen-bond donors (Lipinski definition) is 0. The Labute approximate surface area is 117 Å². The summed E-state index contributed by atoms with van der Waals surface area (Å²) in [6.45, 7) is 1.19. The van der Waals surface area contributed by atoms with Crippen LogP contribution in [0, 0.1) is 0 Å². The molecule has 6 heteroatoms. The maximum Gasteiger partial charge on any atom is 0.119 e. The first kappa shape index (κ1) is 13.7. The molecule has 1 heterocycles. The van der Waals surface area contributed by atoms with Gasteiger partial charge in [-0.2, -0.15) is 0 Å². The van der Waals surface area contributed by atoms with E-state index in [9.17, 15) is 0 Å². The van der Waals surface area contributed by atoms with Crippen molar-refractivity contribution in [3.05, 3.63) is 36.2 Å². The predicted octanol–water partition coefficient (Wildman–Crippen LogP) is 2.15. The first-order valence-corrected chi connectivity index (χ1v) is 6.57. The highest BCUT2D eigenvalue weighted by molar-refractivity contribution is 6.17. The largest absolute Gasteiger partial charge is 0.497 e. The van der Waals surface area contributed by atoms with Gasteiger partial charge in [-0.05, 0) is 24.3 Å². The van der Waals surface area contributed by atoms with Crippen LogP contribution in [-0.2, 0) is 13.0 Å². The normalized spacial score (nSPS) is 10.4. The Morgan fingerprint density at radius 3 is 2.63 bits per heavy atom. The van der Waals surface area contributed by atoms with E-state index in [0.717, 1.165) is 23.6 Å². The van der Waals surface area contributed by atoms with E-state index in [-0.39, 0.29) is 0 Å². The lowest BCUT2D eigenvalue weighted by Gasteiger charge is -2.06. The zero-order valence-corrected chi connectivity index (χ0v) is 11.5. The van der Waals surface area contributed by atoms with Crippen molar-refractivity contribution in [2.75, 3.05) is 19.6 Å². The number of aryl methyl sites for hydroxylation is 1. The molecule has 0 fully saturated rings. The number of ether oxygens (including phenoxy) is 2. The van der Waals surface area contributed by atoms with E-state index in [4.69, 9.17) is 21.1 Å². The van der Waals surface area contributed by atoms with Crippen molar-refractivity contribution >= 4 is 11.6 Å². The summed E-state index contributed by atoms with van der Waals surface area (Å²) in [4.78, 5) is 0. The van der Waals surface area contributed by atoms with Crippen LogP contribution in [0.4, 0.5) is 0 Å². The fourth-order valence-electron chi connectivity index (χ4n) is 1.59. The van der Waals surface area contributed by atoms with Gasteiger partial charge in [0.15, 0.2) is 0 Å². The van der Waals surface area contributed by atoms with Gasteiger partial charge < -0.3 is 9.47 Å². The molecular weight excluding hydrogens is 266 g/mol. The molecule has 0 saturated carbocycles. The van der Waals surface area contributed by atoms with Crippen LogP contribution < -0.4 is 9.47 Å². The molecule has 0 spiro atoms. The molecule has 0 bridgehead atoms. The molecule has 0 aliphatic carbocycles. The SMILES string of the molecule is COc1ccc(OCCn2cc(CCCl)nn2)cc1. The number of hydrogen-bond acceptors (Lipinski definition) is 4. The molecular formula is C13H16ClN3O2. The minimum absolute atomic E-state index is 0.538. The third kappa shape index (κ3) is 4.13. The number of rotatable bonds is 7. The van der Waals surface area contributed by atoms with E-state index in [2.05, 4.69) is 10.3 Å². The Morgan fingerprint density at radius 2 is 1.95 bits per heavy atom. The van der Waals surface area contributed by atoms with Crippen LogP contribution in [0.2, 0.25) is 0 Å². The van der Waals surface area contributed by atoms with Gasteiger partial charge in [0.05, 0.1) is 19.3 Å². The van der Waals surface area contributed by atoms with E-state index in [1.807, 2.05) is 30.5 Å². The van der Waals surface area contributed by atoms with Crippen molar-refractivity contribution in [3.8, 4) is 11.5 Å². The minimum atomic E-state index is 0.538. The first-order chi connectivity index (χ1) is 9.31. The van der Waals surface area contributed by atoms with Gasteiger partial charge in [-0.1, -0.05) is 5.21 Å². The van der Waals surface area contributed by atoms with Crippen LogP contribution in [0.3, 0.4) is 0 Å². The van der Waals surface area contributed by atoms with Crippen molar-refractivity contribution in [2.24, 2.45) is 0 Å². The molecule has 0 amide bonds. The zero-order chi connectivity index (χ0) is 13.5. The molecule has 0 N–H and O–H groups in total. The molecule has 19 heavy (non-hydrogen) atoms. The fraction of sp³-hybridized carbons (Fsp3) is 0.385. The van der Waals surface area contributed by atoms with Gasteiger partial charge in [0.25, 0.3) is 0 Å². The summed E-state index contributed by atoms with van der Waals surface area (Å²) in [7, 11) is 1.64. The Balaban J connectivity index is 1.78. The summed E-state index contributed by atoms with van der Waals surface area (Å²) < 4.78 is 12.4. The molecule has 102 valence electrons. The summed E-state index contributed by atoms with van der Waals surface area (Å²) in [5.41, 5.74) is 0.902. The molecule has 0 unspecified atom stereocenters. The molecule has 5 nitrogen and oxygen atoms in total. The highest BCUT2D eigenvalue weighted by Gasteiger charge is 2.00. The second kappa shape index (κ2) is 6.99. The fourth-order valence-corrected chi connectivity index (χ4v) is 1.78. The van der Waals surface area contributed by atoms with Crippen LogP contribution in [-0.4, -0.2) is 34.6 Å². The first-order valence-electron chi connectivity index (χ1n) is 6.03. The quantitative estimate of drug-likeness (QED) is 0.730. The van der Waals surface area contributed by atoms with Gasteiger partial charge in [-0.15, -0.1) is 16.7 Å². The smallest absolute Gasteiger partial charge is 0.119 e. The summed E-state index contributed by atoms with van der Waals surface area (Å²) in [6.07, 6.45) is 2.63. The third-order valence-electron chi connectivity index (χ3n) is 2.59. The second-order valence-electron chi connectivity index (χ2n) is 3.94. The second-order valence-corrected chi connectivity index (χ2v) is 4.31. The van der Waals surface area contributed by atoms with Crippen molar-refractivity contribution in [1.82, 2.24) is 15.0 Å². The van der Waals surface area contributed by atoms with Crippen molar-refractivity contribution in [1.29, 1.82) is 0 Å². The molecule has 2 aromatic rings. The summed E-state index contributed by atoms with van der Waals surface area (Å²) in [5, 5.41) is 8.01. The van der Waals surface area contributed by atoms with Gasteiger partial charge >= 0.3 is 0 Å². The molecule has 0 atom stereocenters. The van der Waals surface area contributed by atoms with E-state index < -0.39 is 0 Å². The summed E-state index contributed by atoms with van der Waals surface area (Å²) in [6, 6.07) is 7.48. The van der Waals surface area contributed by atoms with Crippen molar-refractivity contribution in [2.45, 2.75) is 13.0 Å². The Morgan fingerprint density at radius 1 is 1.21 bits per heavy atom. The number of halogens is 1. The molecule has 1 aromatic carbocycles. The van der Waals surface area contributed by atoms with Crippen molar-refractivity contribution in [3.63, 3.8) is 0 Å². The predicted molar refractivity (Wildman–Crippen MR) is 72.9 cm³/mol. The van der Waals surface area contributed by atoms with Crippen LogP contribution >= 0.6 is 11.6 Å². The number of alkyl halides is 1. The number of methoxy groups -OCH3 is 1. The van der Waals surface area contributed by atoms with Gasteiger partial charge in [-0.25, -0.2) is 4.68 Å². The van der Waals surface area contributed by atoms with Gasteiger partial charge in [0, 0.05) is 18.5 Å². The molecule has 0 saturated heterocycles. The lowest BCUT2D eigenvalue weighted by Crippen LogP contribution is -2.08. The topological polar surface area (TPSA) is 49.2 Å². The van der Waals surface area contributed by atoms with Crippen LogP contribution in [0.25, 0.3) is 0 Å². The molecule has 0 radical (unpaired) electrons. The Bertz CT molecular complexity index is 499.